The molecule has 3 rings (SSSR count). The Labute approximate surface area is 165 Å². The van der Waals surface area contributed by atoms with E-state index < -0.39 is 11.5 Å². The lowest BCUT2D eigenvalue weighted by Gasteiger charge is -2.22. The molecule has 148 valence electrons. The van der Waals surface area contributed by atoms with Gasteiger partial charge in [-0.1, -0.05) is 35.9 Å². The summed E-state index contributed by atoms with van der Waals surface area (Å²) in [6.07, 6.45) is 0.404. The van der Waals surface area contributed by atoms with E-state index in [-0.39, 0.29) is 12.2 Å². The summed E-state index contributed by atoms with van der Waals surface area (Å²) in [5, 5.41) is 11.1. The lowest BCUT2D eigenvalue weighted by molar-refractivity contribution is -0.141. The first-order valence-corrected chi connectivity index (χ1v) is 9.58. The highest BCUT2D eigenvalue weighted by Gasteiger charge is 2.50. The molecule has 1 heterocycles. The Balaban J connectivity index is 1.79. The van der Waals surface area contributed by atoms with Crippen LogP contribution in [0.2, 0.25) is 0 Å². The number of rotatable bonds is 7. The van der Waals surface area contributed by atoms with Crippen molar-refractivity contribution in [2.45, 2.75) is 46.1 Å². The number of carbonyl (C=O) groups excluding carboxylic acids is 2. The van der Waals surface area contributed by atoms with Crippen LogP contribution in [0.1, 0.15) is 42.0 Å². The number of amides is 1. The number of benzene rings is 2. The fraction of sp³-hybridized carbons (Fsp3) is 0.391. The minimum atomic E-state index is -1.78. The molecule has 0 spiro atoms. The lowest BCUT2D eigenvalue weighted by Crippen LogP contribution is -2.42. The topological polar surface area (TPSA) is 66.8 Å². The first-order chi connectivity index (χ1) is 13.2. The van der Waals surface area contributed by atoms with Crippen molar-refractivity contribution in [1.29, 1.82) is 0 Å². The van der Waals surface area contributed by atoms with Crippen molar-refractivity contribution in [3.8, 4) is 5.75 Å². The third-order valence-electron chi connectivity index (χ3n) is 5.14. The molecule has 0 saturated carbocycles. The summed E-state index contributed by atoms with van der Waals surface area (Å²) >= 11 is 0. The number of fused-ring (bicyclic) bond motifs is 1. The van der Waals surface area contributed by atoms with E-state index in [1.54, 1.807) is 4.90 Å². The zero-order valence-corrected chi connectivity index (χ0v) is 16.9. The molecular weight excluding hydrogens is 354 g/mol. The highest BCUT2D eigenvalue weighted by Crippen LogP contribution is 2.45. The molecule has 0 radical (unpaired) electrons. The Bertz CT molecular complexity index is 921. The molecule has 5 heteroatoms. The molecule has 1 aliphatic rings. The highest BCUT2D eigenvalue weighted by molar-refractivity contribution is 6.09. The molecule has 1 atom stereocenters. The van der Waals surface area contributed by atoms with Crippen LogP contribution >= 0.6 is 0 Å². The number of Topliss-reactive ketones (excluding diaryl/α,β-unsaturated/α-hetero) is 1. The average Bonchev–Trinajstić information content (AvgIpc) is 2.81. The largest absolute Gasteiger partial charge is 0.493 e. The third kappa shape index (κ3) is 3.67. The fourth-order valence-corrected chi connectivity index (χ4v) is 3.94. The van der Waals surface area contributed by atoms with Gasteiger partial charge in [0, 0.05) is 18.5 Å². The van der Waals surface area contributed by atoms with Crippen LogP contribution in [0.25, 0.3) is 0 Å². The van der Waals surface area contributed by atoms with Gasteiger partial charge in [-0.2, -0.15) is 0 Å². The summed E-state index contributed by atoms with van der Waals surface area (Å²) in [4.78, 5) is 26.4. The minimum Gasteiger partial charge on any atom is -0.493 e. The van der Waals surface area contributed by atoms with Gasteiger partial charge in [0.25, 0.3) is 5.91 Å². The number of para-hydroxylation sites is 1. The second-order valence-corrected chi connectivity index (χ2v) is 7.64. The van der Waals surface area contributed by atoms with Gasteiger partial charge < -0.3 is 14.7 Å². The highest BCUT2D eigenvalue weighted by atomic mass is 16.5. The molecule has 2 aromatic carbocycles. The van der Waals surface area contributed by atoms with Crippen LogP contribution in [-0.4, -0.2) is 29.9 Å². The van der Waals surface area contributed by atoms with E-state index in [1.807, 2.05) is 57.2 Å². The van der Waals surface area contributed by atoms with Gasteiger partial charge in [-0.05, 0) is 51.3 Å². The Morgan fingerprint density at radius 3 is 2.54 bits per heavy atom. The summed E-state index contributed by atoms with van der Waals surface area (Å²) in [6.45, 7) is 8.11. The van der Waals surface area contributed by atoms with Crippen molar-refractivity contribution in [3.05, 3.63) is 58.7 Å². The van der Waals surface area contributed by atoms with E-state index >= 15 is 0 Å². The normalized spacial score (nSPS) is 18.3. The summed E-state index contributed by atoms with van der Waals surface area (Å²) in [6, 6.07) is 11.6. The van der Waals surface area contributed by atoms with E-state index in [4.69, 9.17) is 4.74 Å². The Kier molecular flexibility index (Phi) is 5.57. The third-order valence-corrected chi connectivity index (χ3v) is 5.14. The van der Waals surface area contributed by atoms with Gasteiger partial charge in [0.05, 0.1) is 12.3 Å². The molecule has 1 N–H and O–H groups in total. The van der Waals surface area contributed by atoms with Gasteiger partial charge in [0.1, 0.15) is 11.5 Å². The number of aliphatic hydroxyl groups is 1. The molecule has 0 aromatic heterocycles. The molecule has 0 saturated heterocycles. The number of nitrogens with zero attached hydrogens (tertiary/aromatic N) is 1. The molecule has 0 aliphatic carbocycles. The number of aryl methyl sites for hydroxylation is 3. The van der Waals surface area contributed by atoms with Crippen LogP contribution < -0.4 is 9.64 Å². The van der Waals surface area contributed by atoms with Crippen molar-refractivity contribution >= 4 is 17.4 Å². The quantitative estimate of drug-likeness (QED) is 0.744. The van der Waals surface area contributed by atoms with Gasteiger partial charge in [-0.25, -0.2) is 0 Å². The fourth-order valence-electron chi connectivity index (χ4n) is 3.94. The molecular formula is C23H27NO4. The molecule has 28 heavy (non-hydrogen) atoms. The van der Waals surface area contributed by atoms with E-state index in [0.29, 0.717) is 25.1 Å². The average molecular weight is 381 g/mol. The van der Waals surface area contributed by atoms with Crippen LogP contribution in [0, 0.1) is 20.8 Å². The van der Waals surface area contributed by atoms with Crippen molar-refractivity contribution in [3.63, 3.8) is 0 Å². The number of anilines is 1. The van der Waals surface area contributed by atoms with Crippen molar-refractivity contribution < 1.29 is 19.4 Å². The van der Waals surface area contributed by atoms with Gasteiger partial charge in [-0.3, -0.25) is 9.59 Å². The number of ketones is 1. The standard InChI is InChI=1S/C23H27NO4/c1-15-12-17(3)21-19(13-15)23(27,14-18(4)25)22(26)24(21)10-7-11-28-20-9-6-5-8-16(20)2/h5-6,8-9,12-13,27H,7,10-11,14H2,1-4H3/t23-/m0/s1. The van der Waals surface area contributed by atoms with Crippen LogP contribution in [0.3, 0.4) is 0 Å². The predicted octanol–water partition coefficient (Wildman–Crippen LogP) is 3.59. The summed E-state index contributed by atoms with van der Waals surface area (Å²) < 4.78 is 5.83. The molecule has 2 aromatic rings. The maximum absolute atomic E-state index is 13.1. The Hall–Kier alpha value is -2.66. The molecule has 1 aliphatic heterocycles. The zero-order valence-electron chi connectivity index (χ0n) is 16.9. The Morgan fingerprint density at radius 2 is 1.86 bits per heavy atom. The molecule has 1 amide bonds. The molecule has 5 nitrogen and oxygen atoms in total. The first-order valence-electron chi connectivity index (χ1n) is 9.58. The van der Waals surface area contributed by atoms with Crippen LogP contribution in [0.4, 0.5) is 5.69 Å². The number of ether oxygens (including phenoxy) is 1. The van der Waals surface area contributed by atoms with E-state index in [2.05, 4.69) is 0 Å². The summed E-state index contributed by atoms with van der Waals surface area (Å²) in [7, 11) is 0. The SMILES string of the molecule is CC(=O)C[C@@]1(O)C(=O)N(CCCOc2ccccc2C)c2c(C)cc(C)cc21. The molecule has 0 fully saturated rings. The van der Waals surface area contributed by atoms with Crippen molar-refractivity contribution in [2.75, 3.05) is 18.1 Å². The Morgan fingerprint density at radius 1 is 1.14 bits per heavy atom. The van der Waals surface area contributed by atoms with E-state index in [9.17, 15) is 14.7 Å². The molecule has 0 bridgehead atoms. The first kappa shape index (κ1) is 20.1. The monoisotopic (exact) mass is 381 g/mol. The number of carbonyl (C=O) groups is 2. The van der Waals surface area contributed by atoms with Crippen molar-refractivity contribution in [1.82, 2.24) is 0 Å². The predicted molar refractivity (Wildman–Crippen MR) is 109 cm³/mol. The van der Waals surface area contributed by atoms with E-state index in [0.717, 1.165) is 28.1 Å². The number of hydrogen-bond donors (Lipinski definition) is 1. The summed E-state index contributed by atoms with van der Waals surface area (Å²) in [5.74, 6) is 0.184. The second kappa shape index (κ2) is 7.76. The minimum absolute atomic E-state index is 0.210. The summed E-state index contributed by atoms with van der Waals surface area (Å²) in [5.41, 5.74) is 2.40. The lowest BCUT2D eigenvalue weighted by atomic mass is 9.88. The maximum Gasteiger partial charge on any atom is 0.264 e. The number of hydrogen-bond acceptors (Lipinski definition) is 4. The smallest absolute Gasteiger partial charge is 0.264 e. The van der Waals surface area contributed by atoms with Crippen LogP contribution in [-0.2, 0) is 15.2 Å². The van der Waals surface area contributed by atoms with Gasteiger partial charge >= 0.3 is 0 Å². The van der Waals surface area contributed by atoms with Crippen LogP contribution in [0.15, 0.2) is 36.4 Å². The zero-order chi connectivity index (χ0) is 20.5. The van der Waals surface area contributed by atoms with Gasteiger partial charge in [0.15, 0.2) is 5.60 Å². The maximum atomic E-state index is 13.1. The van der Waals surface area contributed by atoms with E-state index in [1.165, 1.54) is 6.92 Å². The van der Waals surface area contributed by atoms with Crippen LogP contribution in [0.5, 0.6) is 5.75 Å². The van der Waals surface area contributed by atoms with Gasteiger partial charge in [-0.15, -0.1) is 0 Å². The second-order valence-electron chi connectivity index (χ2n) is 7.64. The van der Waals surface area contributed by atoms with Gasteiger partial charge in [0.2, 0.25) is 0 Å². The molecule has 0 unspecified atom stereocenters. The van der Waals surface area contributed by atoms with Crippen molar-refractivity contribution in [2.24, 2.45) is 0 Å².